The zero-order chi connectivity index (χ0) is 12.7. The number of hydrogen-bond acceptors (Lipinski definition) is 3. The summed E-state index contributed by atoms with van der Waals surface area (Å²) in [6.07, 6.45) is 0. The molecule has 0 bridgehead atoms. The monoisotopic (exact) mass is 238 g/mol. The third-order valence-corrected chi connectivity index (χ3v) is 2.38. The van der Waals surface area contributed by atoms with Gasteiger partial charge in [-0.15, -0.1) is 0 Å². The SMILES string of the molecule is CCOCCN(CC)C(=O)c1cccc(=O)[nH]1. The molecule has 1 rings (SSSR count). The van der Waals surface area contributed by atoms with E-state index in [2.05, 4.69) is 4.98 Å². The van der Waals surface area contributed by atoms with Crippen molar-refractivity contribution < 1.29 is 9.53 Å². The lowest BCUT2D eigenvalue weighted by Crippen LogP contribution is -2.35. The van der Waals surface area contributed by atoms with Crippen LogP contribution in [0.3, 0.4) is 0 Å². The Labute approximate surface area is 100 Å². The average Bonchev–Trinajstić information content (AvgIpc) is 2.34. The van der Waals surface area contributed by atoms with Gasteiger partial charge in [0.05, 0.1) is 6.61 Å². The number of likely N-dealkylation sites (N-methyl/N-ethyl adjacent to an activating group) is 1. The average molecular weight is 238 g/mol. The lowest BCUT2D eigenvalue weighted by molar-refractivity contribution is 0.0663. The van der Waals surface area contributed by atoms with Crippen LogP contribution in [0.2, 0.25) is 0 Å². The number of nitrogens with zero attached hydrogens (tertiary/aromatic N) is 1. The van der Waals surface area contributed by atoms with Crippen LogP contribution in [-0.4, -0.2) is 42.1 Å². The molecule has 1 aromatic rings. The van der Waals surface area contributed by atoms with Gasteiger partial charge >= 0.3 is 0 Å². The number of rotatable bonds is 6. The summed E-state index contributed by atoms with van der Waals surface area (Å²) >= 11 is 0. The summed E-state index contributed by atoms with van der Waals surface area (Å²) in [5.41, 5.74) is 0.0487. The van der Waals surface area contributed by atoms with E-state index >= 15 is 0 Å². The Hall–Kier alpha value is -1.62. The Kier molecular flexibility index (Phi) is 5.42. The highest BCUT2D eigenvalue weighted by Gasteiger charge is 2.14. The molecule has 0 aliphatic carbocycles. The molecule has 1 aromatic heterocycles. The van der Waals surface area contributed by atoms with Crippen LogP contribution in [0.5, 0.6) is 0 Å². The third kappa shape index (κ3) is 4.03. The molecule has 17 heavy (non-hydrogen) atoms. The fourth-order valence-corrected chi connectivity index (χ4v) is 1.47. The van der Waals surface area contributed by atoms with Gasteiger partial charge in [0, 0.05) is 25.8 Å². The van der Waals surface area contributed by atoms with E-state index in [-0.39, 0.29) is 11.5 Å². The summed E-state index contributed by atoms with van der Waals surface area (Å²) in [6.45, 7) is 6.06. The van der Waals surface area contributed by atoms with Crippen molar-refractivity contribution in [3.8, 4) is 0 Å². The molecule has 0 unspecified atom stereocenters. The van der Waals surface area contributed by atoms with Crippen LogP contribution in [0.4, 0.5) is 0 Å². The summed E-state index contributed by atoms with van der Waals surface area (Å²) in [5.74, 6) is -0.176. The van der Waals surface area contributed by atoms with Gasteiger partial charge in [-0.05, 0) is 19.9 Å². The van der Waals surface area contributed by atoms with Gasteiger partial charge in [0.2, 0.25) is 5.56 Å². The minimum absolute atomic E-state index is 0.176. The van der Waals surface area contributed by atoms with Crippen LogP contribution < -0.4 is 5.56 Å². The minimum atomic E-state index is -0.267. The van der Waals surface area contributed by atoms with E-state index < -0.39 is 0 Å². The van der Waals surface area contributed by atoms with Gasteiger partial charge in [0.1, 0.15) is 5.69 Å². The Morgan fingerprint density at radius 1 is 1.41 bits per heavy atom. The van der Waals surface area contributed by atoms with E-state index in [1.165, 1.54) is 6.07 Å². The number of nitrogens with one attached hydrogen (secondary N) is 1. The van der Waals surface area contributed by atoms with Gasteiger partial charge in [0.15, 0.2) is 0 Å². The molecule has 0 saturated heterocycles. The normalized spacial score (nSPS) is 10.2. The van der Waals surface area contributed by atoms with E-state index in [0.717, 1.165) is 0 Å². The second-order valence-electron chi connectivity index (χ2n) is 3.51. The fraction of sp³-hybridized carbons (Fsp3) is 0.500. The highest BCUT2D eigenvalue weighted by molar-refractivity contribution is 5.92. The molecule has 0 radical (unpaired) electrons. The van der Waals surface area contributed by atoms with Crippen LogP contribution in [-0.2, 0) is 4.74 Å². The maximum atomic E-state index is 12.0. The maximum absolute atomic E-state index is 12.0. The number of aromatic nitrogens is 1. The van der Waals surface area contributed by atoms with Gasteiger partial charge in [-0.25, -0.2) is 0 Å². The fourth-order valence-electron chi connectivity index (χ4n) is 1.47. The first-order chi connectivity index (χ1) is 8.19. The summed E-state index contributed by atoms with van der Waals surface area (Å²) in [4.78, 5) is 27.3. The number of aromatic amines is 1. The topological polar surface area (TPSA) is 62.4 Å². The smallest absolute Gasteiger partial charge is 0.270 e. The second-order valence-corrected chi connectivity index (χ2v) is 3.51. The predicted molar refractivity (Wildman–Crippen MR) is 65.1 cm³/mol. The quantitative estimate of drug-likeness (QED) is 0.748. The van der Waals surface area contributed by atoms with Gasteiger partial charge < -0.3 is 14.6 Å². The molecule has 1 amide bonds. The molecule has 0 saturated carbocycles. The van der Waals surface area contributed by atoms with Crippen molar-refractivity contribution in [1.82, 2.24) is 9.88 Å². The number of hydrogen-bond donors (Lipinski definition) is 1. The molecule has 94 valence electrons. The van der Waals surface area contributed by atoms with Gasteiger partial charge in [-0.1, -0.05) is 6.07 Å². The molecule has 0 atom stereocenters. The Balaban J connectivity index is 2.69. The Bertz CT molecular complexity index is 414. The number of pyridine rings is 1. The standard InChI is InChI=1S/C12H18N2O3/c1-3-14(8-9-17-4-2)12(16)10-6-5-7-11(15)13-10/h5-7H,3-4,8-9H2,1-2H3,(H,13,15). The number of carbonyl (C=O) groups is 1. The van der Waals surface area contributed by atoms with Crippen LogP contribution >= 0.6 is 0 Å². The number of carbonyl (C=O) groups excluding carboxylic acids is 1. The summed E-state index contributed by atoms with van der Waals surface area (Å²) in [6, 6.07) is 4.56. The molecule has 5 heteroatoms. The summed E-state index contributed by atoms with van der Waals surface area (Å²) < 4.78 is 5.21. The van der Waals surface area contributed by atoms with Crippen molar-refractivity contribution in [2.45, 2.75) is 13.8 Å². The van der Waals surface area contributed by atoms with Crippen LogP contribution in [0, 0.1) is 0 Å². The van der Waals surface area contributed by atoms with Gasteiger partial charge in [0.25, 0.3) is 5.91 Å². The van der Waals surface area contributed by atoms with Crippen molar-refractivity contribution in [2.75, 3.05) is 26.3 Å². The Morgan fingerprint density at radius 2 is 2.18 bits per heavy atom. The first-order valence-corrected chi connectivity index (χ1v) is 5.75. The molecule has 0 spiro atoms. The molecular formula is C12H18N2O3. The van der Waals surface area contributed by atoms with E-state index in [0.29, 0.717) is 32.0 Å². The van der Waals surface area contributed by atoms with Crippen molar-refractivity contribution in [1.29, 1.82) is 0 Å². The molecule has 0 aliphatic heterocycles. The third-order valence-electron chi connectivity index (χ3n) is 2.38. The first-order valence-electron chi connectivity index (χ1n) is 5.75. The summed E-state index contributed by atoms with van der Waals surface area (Å²) in [5, 5.41) is 0. The van der Waals surface area contributed by atoms with Crippen molar-refractivity contribution >= 4 is 5.91 Å². The number of amides is 1. The van der Waals surface area contributed by atoms with E-state index in [9.17, 15) is 9.59 Å². The zero-order valence-electron chi connectivity index (χ0n) is 10.2. The van der Waals surface area contributed by atoms with E-state index in [4.69, 9.17) is 4.74 Å². The molecule has 0 fully saturated rings. The first kappa shape index (κ1) is 13.4. The van der Waals surface area contributed by atoms with Crippen LogP contribution in [0.15, 0.2) is 23.0 Å². The molecular weight excluding hydrogens is 220 g/mol. The van der Waals surface area contributed by atoms with Crippen LogP contribution in [0.25, 0.3) is 0 Å². The van der Waals surface area contributed by atoms with Crippen molar-refractivity contribution in [3.63, 3.8) is 0 Å². The van der Waals surface area contributed by atoms with Gasteiger partial charge in [-0.2, -0.15) is 0 Å². The second kappa shape index (κ2) is 6.85. The highest BCUT2D eigenvalue weighted by atomic mass is 16.5. The Morgan fingerprint density at radius 3 is 2.76 bits per heavy atom. The minimum Gasteiger partial charge on any atom is -0.380 e. The van der Waals surface area contributed by atoms with Crippen LogP contribution in [0.1, 0.15) is 24.3 Å². The molecule has 5 nitrogen and oxygen atoms in total. The lowest BCUT2D eigenvalue weighted by atomic mass is 10.3. The highest BCUT2D eigenvalue weighted by Crippen LogP contribution is 1.99. The van der Waals surface area contributed by atoms with E-state index in [1.54, 1.807) is 17.0 Å². The van der Waals surface area contributed by atoms with E-state index in [1.807, 2.05) is 13.8 Å². The molecule has 1 N–H and O–H groups in total. The number of ether oxygens (including phenoxy) is 1. The largest absolute Gasteiger partial charge is 0.380 e. The molecule has 1 heterocycles. The number of H-pyrrole nitrogens is 1. The zero-order valence-corrected chi connectivity index (χ0v) is 10.2. The summed E-state index contributed by atoms with van der Waals surface area (Å²) in [7, 11) is 0. The lowest BCUT2D eigenvalue weighted by Gasteiger charge is -2.20. The maximum Gasteiger partial charge on any atom is 0.270 e. The van der Waals surface area contributed by atoms with Gasteiger partial charge in [-0.3, -0.25) is 9.59 Å². The van der Waals surface area contributed by atoms with Crippen molar-refractivity contribution in [2.24, 2.45) is 0 Å². The molecule has 0 aliphatic rings. The molecule has 0 aromatic carbocycles. The predicted octanol–water partition coefficient (Wildman–Crippen LogP) is 0.874. The van der Waals surface area contributed by atoms with Crippen molar-refractivity contribution in [3.05, 3.63) is 34.2 Å².